The van der Waals surface area contributed by atoms with Gasteiger partial charge in [0.2, 0.25) is 0 Å². The van der Waals surface area contributed by atoms with Crippen LogP contribution in [0, 0.1) is 5.82 Å². The number of hydrogen-bond acceptors (Lipinski definition) is 4. The van der Waals surface area contributed by atoms with Crippen LogP contribution >= 0.6 is 0 Å². The van der Waals surface area contributed by atoms with Crippen molar-refractivity contribution in [3.63, 3.8) is 0 Å². The highest BCUT2D eigenvalue weighted by Gasteiger charge is 2.19. The van der Waals surface area contributed by atoms with E-state index in [1.807, 2.05) is 0 Å². The molecule has 1 aromatic heterocycles. The third-order valence-electron chi connectivity index (χ3n) is 1.98. The van der Waals surface area contributed by atoms with Crippen molar-refractivity contribution in [2.45, 2.75) is 0 Å². The third-order valence-corrected chi connectivity index (χ3v) is 1.98. The van der Waals surface area contributed by atoms with E-state index in [9.17, 15) is 18.8 Å². The second-order valence-corrected chi connectivity index (χ2v) is 3.05. The summed E-state index contributed by atoms with van der Waals surface area (Å²) in [5, 5.41) is 8.76. The number of rotatable bonds is 3. The van der Waals surface area contributed by atoms with Crippen LogP contribution in [0.5, 0.6) is 0 Å². The SMILES string of the molecule is O=C(O)c1cc(F)ccc1Nn1c(=O)c1=O. The summed E-state index contributed by atoms with van der Waals surface area (Å²) < 4.78 is 13.4. The van der Waals surface area contributed by atoms with Gasteiger partial charge >= 0.3 is 17.1 Å². The lowest BCUT2D eigenvalue weighted by Crippen LogP contribution is -2.12. The molecule has 2 rings (SSSR count). The van der Waals surface area contributed by atoms with Gasteiger partial charge in [0.05, 0.1) is 11.3 Å². The summed E-state index contributed by atoms with van der Waals surface area (Å²) in [6, 6.07) is 2.95. The molecule has 0 bridgehead atoms. The Kier molecular flexibility index (Phi) is 2.08. The highest BCUT2D eigenvalue weighted by molar-refractivity contribution is 5.94. The normalized spacial score (nSPS) is 10.6. The summed E-state index contributed by atoms with van der Waals surface area (Å²) in [7, 11) is 0. The zero-order valence-corrected chi connectivity index (χ0v) is 7.73. The van der Waals surface area contributed by atoms with Gasteiger partial charge in [0.25, 0.3) is 0 Å². The number of benzene rings is 1. The zero-order valence-electron chi connectivity index (χ0n) is 7.73. The van der Waals surface area contributed by atoms with E-state index in [0.717, 1.165) is 18.2 Å². The molecule has 7 heteroatoms. The number of anilines is 1. The molecule has 0 saturated carbocycles. The number of carboxylic acid groups (broad SMARTS) is 1. The maximum Gasteiger partial charge on any atom is 0.340 e. The first-order valence-electron chi connectivity index (χ1n) is 4.18. The average Bonchev–Trinajstić information content (AvgIpc) is 2.78. The first-order valence-corrected chi connectivity index (χ1v) is 4.18. The van der Waals surface area contributed by atoms with Gasteiger partial charge in [-0.25, -0.2) is 9.18 Å². The van der Waals surface area contributed by atoms with Gasteiger partial charge in [-0.05, 0) is 18.2 Å². The van der Waals surface area contributed by atoms with Crippen LogP contribution in [0.4, 0.5) is 10.1 Å². The molecule has 0 amide bonds. The number of hydrogen-bond donors (Lipinski definition) is 2. The molecule has 0 fully saturated rings. The molecule has 1 aromatic carbocycles. The summed E-state index contributed by atoms with van der Waals surface area (Å²) in [5.74, 6) is -2.07. The zero-order chi connectivity index (χ0) is 11.9. The first-order chi connectivity index (χ1) is 7.50. The molecule has 2 aromatic rings. The first kappa shape index (κ1) is 10.1. The summed E-state index contributed by atoms with van der Waals surface area (Å²) >= 11 is 0. The maximum absolute atomic E-state index is 12.8. The number of aromatic carboxylic acids is 1. The Morgan fingerprint density at radius 2 is 1.94 bits per heavy atom. The van der Waals surface area contributed by atoms with E-state index in [2.05, 4.69) is 5.43 Å². The largest absolute Gasteiger partial charge is 0.478 e. The molecule has 16 heavy (non-hydrogen) atoms. The van der Waals surface area contributed by atoms with Crippen LogP contribution in [-0.4, -0.2) is 15.8 Å². The third kappa shape index (κ3) is 1.58. The summed E-state index contributed by atoms with van der Waals surface area (Å²) in [5.41, 5.74) is 0.378. The van der Waals surface area contributed by atoms with E-state index in [1.165, 1.54) is 0 Å². The topological polar surface area (TPSA) is 88.4 Å². The van der Waals surface area contributed by atoms with Gasteiger partial charge < -0.3 is 5.11 Å². The van der Waals surface area contributed by atoms with Gasteiger partial charge in [0.15, 0.2) is 0 Å². The van der Waals surface area contributed by atoms with Crippen LogP contribution in [0.15, 0.2) is 27.8 Å². The van der Waals surface area contributed by atoms with Crippen LogP contribution in [-0.2, 0) is 0 Å². The van der Waals surface area contributed by atoms with E-state index in [1.54, 1.807) is 0 Å². The Morgan fingerprint density at radius 3 is 2.44 bits per heavy atom. The minimum Gasteiger partial charge on any atom is -0.478 e. The Hall–Kier alpha value is -2.44. The number of nitrogens with one attached hydrogen (secondary N) is 1. The number of carboxylic acids is 1. The molecule has 0 atom stereocenters. The van der Waals surface area contributed by atoms with Crippen molar-refractivity contribution >= 4 is 11.7 Å². The minimum absolute atomic E-state index is 0.0203. The molecule has 0 radical (unpaired) electrons. The lowest BCUT2D eigenvalue weighted by Gasteiger charge is -2.05. The number of aromatic nitrogens is 1. The monoisotopic (exact) mass is 224 g/mol. The van der Waals surface area contributed by atoms with Crippen molar-refractivity contribution in [2.75, 3.05) is 5.43 Å². The molecule has 0 aliphatic heterocycles. The fourth-order valence-corrected chi connectivity index (χ4v) is 1.15. The number of carbonyl (C=O) groups is 1. The molecule has 82 valence electrons. The summed E-state index contributed by atoms with van der Waals surface area (Å²) in [4.78, 5) is 32.1. The van der Waals surface area contributed by atoms with Crippen LogP contribution in [0.1, 0.15) is 10.4 Å². The smallest absolute Gasteiger partial charge is 0.340 e. The molecule has 1 heterocycles. The van der Waals surface area contributed by atoms with E-state index in [0.29, 0.717) is 4.68 Å². The highest BCUT2D eigenvalue weighted by Crippen LogP contribution is 2.16. The standard InChI is InChI=1S/C9H5FN2O4/c10-4-1-2-6(5(3-4)9(15)16)11-12-7(13)8(12)14/h1-3,11H,(H,15,16). The van der Waals surface area contributed by atoms with Crippen molar-refractivity contribution in [2.24, 2.45) is 0 Å². The Bertz CT molecular complexity index is 614. The van der Waals surface area contributed by atoms with E-state index in [-0.39, 0.29) is 11.3 Å². The number of halogens is 1. The minimum atomic E-state index is -1.36. The maximum atomic E-state index is 12.8. The molecular weight excluding hydrogens is 219 g/mol. The molecule has 0 aliphatic rings. The fourth-order valence-electron chi connectivity index (χ4n) is 1.15. The van der Waals surface area contributed by atoms with Crippen molar-refractivity contribution in [3.8, 4) is 0 Å². The van der Waals surface area contributed by atoms with Crippen molar-refractivity contribution in [1.29, 1.82) is 0 Å². The second-order valence-electron chi connectivity index (χ2n) is 3.05. The quantitative estimate of drug-likeness (QED) is 0.704. The molecule has 0 unspecified atom stereocenters. The summed E-state index contributed by atoms with van der Waals surface area (Å²) in [6.07, 6.45) is 0. The van der Waals surface area contributed by atoms with Crippen LogP contribution in [0.25, 0.3) is 0 Å². The molecule has 6 nitrogen and oxygen atoms in total. The van der Waals surface area contributed by atoms with Gasteiger partial charge in [-0.3, -0.25) is 15.0 Å². The van der Waals surface area contributed by atoms with Gasteiger partial charge in [0.1, 0.15) is 5.82 Å². The lowest BCUT2D eigenvalue weighted by molar-refractivity contribution is 0.0697. The van der Waals surface area contributed by atoms with Crippen LogP contribution in [0.2, 0.25) is 0 Å². The molecule has 2 N–H and O–H groups in total. The van der Waals surface area contributed by atoms with E-state index < -0.39 is 22.9 Å². The molecule has 0 spiro atoms. The van der Waals surface area contributed by atoms with Crippen molar-refractivity contribution in [3.05, 3.63) is 50.3 Å². The predicted octanol–water partition coefficient (Wildman–Crippen LogP) is -0.203. The van der Waals surface area contributed by atoms with Gasteiger partial charge in [0, 0.05) is 0 Å². The highest BCUT2D eigenvalue weighted by atomic mass is 19.1. The van der Waals surface area contributed by atoms with E-state index >= 15 is 0 Å². The Labute approximate surface area is 87.2 Å². The van der Waals surface area contributed by atoms with Gasteiger partial charge in [-0.15, -0.1) is 0 Å². The van der Waals surface area contributed by atoms with Gasteiger partial charge in [-0.2, -0.15) is 4.68 Å². The number of nitrogens with zero attached hydrogens (tertiary/aromatic N) is 1. The second kappa shape index (κ2) is 3.30. The summed E-state index contributed by atoms with van der Waals surface area (Å²) in [6.45, 7) is 0. The average molecular weight is 224 g/mol. The van der Waals surface area contributed by atoms with E-state index in [4.69, 9.17) is 5.11 Å². The Balaban J connectivity index is 2.41. The lowest BCUT2D eigenvalue weighted by atomic mass is 10.2. The van der Waals surface area contributed by atoms with Crippen LogP contribution in [0.3, 0.4) is 0 Å². The van der Waals surface area contributed by atoms with Crippen molar-refractivity contribution < 1.29 is 14.3 Å². The fraction of sp³-hybridized carbons (Fsp3) is 0. The Morgan fingerprint density at radius 1 is 1.31 bits per heavy atom. The van der Waals surface area contributed by atoms with Gasteiger partial charge in [-0.1, -0.05) is 0 Å². The molecule has 0 saturated heterocycles. The van der Waals surface area contributed by atoms with Crippen LogP contribution < -0.4 is 16.5 Å². The molecule has 0 aliphatic carbocycles. The predicted molar refractivity (Wildman–Crippen MR) is 51.7 cm³/mol. The van der Waals surface area contributed by atoms with Crippen molar-refractivity contribution in [1.82, 2.24) is 4.68 Å². The molecular formula is C9H5FN2O4.